The van der Waals surface area contributed by atoms with E-state index in [0.29, 0.717) is 11.0 Å². The Balaban J connectivity index is 2.00. The van der Waals surface area contributed by atoms with Crippen LogP contribution in [-0.2, 0) is 0 Å². The number of fused-ring (bicyclic) bond motifs is 1. The van der Waals surface area contributed by atoms with Crippen molar-refractivity contribution in [1.82, 2.24) is 19.2 Å². The van der Waals surface area contributed by atoms with Gasteiger partial charge in [-0.05, 0) is 13.0 Å². The lowest BCUT2D eigenvalue weighted by Gasteiger charge is -2.05. The molecule has 3 aromatic rings. The van der Waals surface area contributed by atoms with E-state index < -0.39 is 0 Å². The third-order valence-corrected chi connectivity index (χ3v) is 3.52. The van der Waals surface area contributed by atoms with E-state index in [-0.39, 0.29) is 5.56 Å². The van der Waals surface area contributed by atoms with Gasteiger partial charge < -0.3 is 4.48 Å². The topological polar surface area (TPSA) is 52.7 Å². The number of allylic oxidation sites excluding steroid dienone is 5. The van der Waals surface area contributed by atoms with Crippen LogP contribution in [0.25, 0.3) is 16.7 Å². The standard InChI is InChI=1S/C18H16BN4O/c1-3-4-6-9-14(2)23-17-16(12-21-23)18(24)22(13-20-17)19-15-10-7-5-8-11-15/h3-13H,1H2,2H3/b6-4-,14-9+. The molecule has 0 amide bonds. The molecule has 0 unspecified atom stereocenters. The van der Waals surface area contributed by atoms with Crippen molar-refractivity contribution in [2.45, 2.75) is 6.92 Å². The van der Waals surface area contributed by atoms with E-state index >= 15 is 0 Å². The summed E-state index contributed by atoms with van der Waals surface area (Å²) in [5.74, 6) is 0. The second kappa shape index (κ2) is 6.96. The summed E-state index contributed by atoms with van der Waals surface area (Å²) in [5, 5.41) is 4.76. The maximum Gasteiger partial charge on any atom is 0.296 e. The first-order chi connectivity index (χ1) is 11.7. The van der Waals surface area contributed by atoms with Crippen LogP contribution in [0.4, 0.5) is 0 Å². The molecule has 2 heterocycles. The Morgan fingerprint density at radius 1 is 1.25 bits per heavy atom. The Morgan fingerprint density at radius 2 is 2.04 bits per heavy atom. The van der Waals surface area contributed by atoms with E-state index in [1.165, 1.54) is 10.8 Å². The zero-order chi connectivity index (χ0) is 16.9. The summed E-state index contributed by atoms with van der Waals surface area (Å²) in [6.45, 7) is 5.53. The van der Waals surface area contributed by atoms with Crippen molar-refractivity contribution >= 4 is 29.6 Å². The number of rotatable bonds is 5. The number of hydrogen-bond donors (Lipinski definition) is 0. The molecular weight excluding hydrogens is 299 g/mol. The van der Waals surface area contributed by atoms with Crippen molar-refractivity contribution in [2.75, 3.05) is 0 Å². The first-order valence-electron chi connectivity index (χ1n) is 7.52. The number of hydrogen-bond acceptors (Lipinski definition) is 3. The molecule has 0 bridgehead atoms. The van der Waals surface area contributed by atoms with Crippen LogP contribution in [0.2, 0.25) is 0 Å². The van der Waals surface area contributed by atoms with Crippen LogP contribution in [0.15, 0.2) is 78.5 Å². The third-order valence-electron chi connectivity index (χ3n) is 3.52. The van der Waals surface area contributed by atoms with E-state index in [4.69, 9.17) is 0 Å². The molecule has 5 nitrogen and oxygen atoms in total. The molecule has 6 heteroatoms. The fraction of sp³-hybridized carbons (Fsp3) is 0.0556. The summed E-state index contributed by atoms with van der Waals surface area (Å²) >= 11 is 0. The van der Waals surface area contributed by atoms with Crippen molar-refractivity contribution in [3.63, 3.8) is 0 Å². The van der Waals surface area contributed by atoms with Crippen molar-refractivity contribution in [1.29, 1.82) is 0 Å². The summed E-state index contributed by atoms with van der Waals surface area (Å²) in [4.78, 5) is 17.0. The van der Waals surface area contributed by atoms with Gasteiger partial charge in [-0.15, -0.1) is 0 Å². The second-order valence-corrected chi connectivity index (χ2v) is 5.22. The van der Waals surface area contributed by atoms with Crippen molar-refractivity contribution in [3.8, 4) is 0 Å². The Hall–Kier alpha value is -3.15. The van der Waals surface area contributed by atoms with Gasteiger partial charge in [0.1, 0.15) is 5.39 Å². The van der Waals surface area contributed by atoms with Crippen LogP contribution in [0, 0.1) is 0 Å². The molecule has 0 fully saturated rings. The molecule has 0 saturated heterocycles. The normalized spacial score (nSPS) is 12.0. The molecular formula is C18H16BN4O. The summed E-state index contributed by atoms with van der Waals surface area (Å²) in [6, 6.07) is 9.64. The molecule has 0 aliphatic carbocycles. The lowest BCUT2D eigenvalue weighted by atomic mass is 9.82. The molecule has 0 spiro atoms. The predicted molar refractivity (Wildman–Crippen MR) is 98.3 cm³/mol. The fourth-order valence-corrected chi connectivity index (χ4v) is 2.32. The van der Waals surface area contributed by atoms with E-state index in [2.05, 4.69) is 16.7 Å². The SMILES string of the molecule is C=C/C=C\C=C(/C)n1ncc2c(=O)n([B]c3ccccc3)cnc21. The monoisotopic (exact) mass is 315 g/mol. The highest BCUT2D eigenvalue weighted by Gasteiger charge is 2.11. The van der Waals surface area contributed by atoms with Crippen molar-refractivity contribution in [2.24, 2.45) is 0 Å². The smallest absolute Gasteiger partial charge is 0.296 e. The van der Waals surface area contributed by atoms with Crippen molar-refractivity contribution in [3.05, 3.63) is 84.1 Å². The Labute approximate surface area is 140 Å². The zero-order valence-corrected chi connectivity index (χ0v) is 13.3. The lowest BCUT2D eigenvalue weighted by molar-refractivity contribution is 0.906. The van der Waals surface area contributed by atoms with Gasteiger partial charge in [0.15, 0.2) is 5.65 Å². The van der Waals surface area contributed by atoms with Crippen LogP contribution in [0.3, 0.4) is 0 Å². The minimum Gasteiger partial charge on any atom is -0.344 e. The van der Waals surface area contributed by atoms with Gasteiger partial charge in [0, 0.05) is 5.70 Å². The third kappa shape index (κ3) is 3.13. The minimum absolute atomic E-state index is 0.149. The number of nitrogens with zero attached hydrogens (tertiary/aromatic N) is 4. The summed E-state index contributed by atoms with van der Waals surface area (Å²) in [7, 11) is 1.75. The van der Waals surface area contributed by atoms with Gasteiger partial charge in [-0.2, -0.15) is 5.10 Å². The van der Waals surface area contributed by atoms with Gasteiger partial charge in [0.05, 0.1) is 12.5 Å². The molecule has 0 saturated carbocycles. The first-order valence-corrected chi connectivity index (χ1v) is 7.52. The molecule has 0 N–H and O–H groups in total. The quantitative estimate of drug-likeness (QED) is 0.534. The van der Waals surface area contributed by atoms with Crippen LogP contribution in [0.5, 0.6) is 0 Å². The average Bonchev–Trinajstić information content (AvgIpc) is 3.03. The van der Waals surface area contributed by atoms with E-state index in [9.17, 15) is 4.79 Å². The Kier molecular flexibility index (Phi) is 4.56. The molecule has 0 aliphatic heterocycles. The van der Waals surface area contributed by atoms with E-state index in [1.807, 2.05) is 55.5 Å². The van der Waals surface area contributed by atoms with E-state index in [1.54, 1.807) is 24.4 Å². The molecule has 117 valence electrons. The minimum atomic E-state index is -0.149. The molecule has 1 aromatic carbocycles. The van der Waals surface area contributed by atoms with Crippen LogP contribution < -0.4 is 11.0 Å². The fourth-order valence-electron chi connectivity index (χ4n) is 2.32. The predicted octanol–water partition coefficient (Wildman–Crippen LogP) is 1.99. The van der Waals surface area contributed by atoms with Gasteiger partial charge >= 0.3 is 0 Å². The molecule has 0 aliphatic rings. The summed E-state index contributed by atoms with van der Waals surface area (Å²) < 4.78 is 3.12. The Bertz CT molecular complexity index is 983. The van der Waals surface area contributed by atoms with Crippen LogP contribution >= 0.6 is 0 Å². The Morgan fingerprint density at radius 3 is 2.79 bits per heavy atom. The first kappa shape index (κ1) is 15.7. The highest BCUT2D eigenvalue weighted by molar-refractivity contribution is 6.51. The number of aromatic nitrogens is 4. The van der Waals surface area contributed by atoms with Crippen LogP contribution in [0.1, 0.15) is 6.92 Å². The highest BCUT2D eigenvalue weighted by atomic mass is 16.1. The summed E-state index contributed by atoms with van der Waals surface area (Å²) in [5.41, 5.74) is 2.18. The van der Waals surface area contributed by atoms with E-state index in [0.717, 1.165) is 11.2 Å². The molecule has 1 radical (unpaired) electrons. The molecule has 0 atom stereocenters. The van der Waals surface area contributed by atoms with Gasteiger partial charge in [0.2, 0.25) is 0 Å². The largest absolute Gasteiger partial charge is 0.344 e. The van der Waals surface area contributed by atoms with Crippen molar-refractivity contribution < 1.29 is 0 Å². The molecule has 2 aromatic heterocycles. The highest BCUT2D eigenvalue weighted by Crippen LogP contribution is 2.11. The number of benzene rings is 1. The van der Waals surface area contributed by atoms with Gasteiger partial charge in [-0.1, -0.05) is 60.6 Å². The maximum atomic E-state index is 12.6. The van der Waals surface area contributed by atoms with Gasteiger partial charge in [-0.25, -0.2) is 9.67 Å². The second-order valence-electron chi connectivity index (χ2n) is 5.22. The molecule has 3 rings (SSSR count). The lowest BCUT2D eigenvalue weighted by Crippen LogP contribution is -2.32. The zero-order valence-electron chi connectivity index (χ0n) is 13.3. The molecule has 24 heavy (non-hydrogen) atoms. The summed E-state index contributed by atoms with van der Waals surface area (Å²) in [6.07, 6.45) is 10.3. The average molecular weight is 315 g/mol. The van der Waals surface area contributed by atoms with Crippen LogP contribution in [-0.4, -0.2) is 26.7 Å². The van der Waals surface area contributed by atoms with Gasteiger partial charge in [-0.3, -0.25) is 4.79 Å². The maximum absolute atomic E-state index is 12.6. The van der Waals surface area contributed by atoms with Gasteiger partial charge in [0.25, 0.3) is 13.0 Å².